The van der Waals surface area contributed by atoms with Crippen LogP contribution in [0.2, 0.25) is 0 Å². The van der Waals surface area contributed by atoms with Gasteiger partial charge in [0.25, 0.3) is 0 Å². The van der Waals surface area contributed by atoms with Crippen molar-refractivity contribution in [2.75, 3.05) is 14.2 Å². The highest BCUT2D eigenvalue weighted by Gasteiger charge is 2.06. The summed E-state index contributed by atoms with van der Waals surface area (Å²) in [6, 6.07) is 8.10. The minimum atomic E-state index is 0.754. The highest BCUT2D eigenvalue weighted by molar-refractivity contribution is 5.28. The molecule has 0 unspecified atom stereocenters. The predicted octanol–water partition coefficient (Wildman–Crippen LogP) is 2.01. The Kier molecular flexibility index (Phi) is 4.52. The van der Waals surface area contributed by atoms with Crippen LogP contribution in [0.15, 0.2) is 24.3 Å². The van der Waals surface area contributed by atoms with Crippen molar-refractivity contribution in [3.8, 4) is 5.75 Å². The van der Waals surface area contributed by atoms with E-state index < -0.39 is 0 Å². The van der Waals surface area contributed by atoms with Gasteiger partial charge in [-0.05, 0) is 24.7 Å². The van der Waals surface area contributed by atoms with Crippen molar-refractivity contribution in [3.63, 3.8) is 0 Å². The van der Waals surface area contributed by atoms with Gasteiger partial charge >= 0.3 is 0 Å². The van der Waals surface area contributed by atoms with Gasteiger partial charge in [-0.1, -0.05) is 19.1 Å². The van der Waals surface area contributed by atoms with Crippen molar-refractivity contribution in [2.45, 2.75) is 26.4 Å². The van der Waals surface area contributed by atoms with Crippen molar-refractivity contribution in [2.24, 2.45) is 0 Å². The van der Waals surface area contributed by atoms with Crippen LogP contribution < -0.4 is 4.74 Å². The monoisotopic (exact) mass is 260 g/mol. The molecule has 0 fully saturated rings. The number of hydrogen-bond acceptors (Lipinski definition) is 4. The third kappa shape index (κ3) is 3.79. The fraction of sp³-hybridized carbons (Fsp3) is 0.429. The van der Waals surface area contributed by atoms with E-state index in [9.17, 15) is 0 Å². The number of nitrogens with zero attached hydrogens (tertiary/aromatic N) is 3. The fourth-order valence-corrected chi connectivity index (χ4v) is 1.96. The maximum absolute atomic E-state index is 5.23. The first-order valence-electron chi connectivity index (χ1n) is 6.43. The normalized spacial score (nSPS) is 10.9. The largest absolute Gasteiger partial charge is 0.497 e. The van der Waals surface area contributed by atoms with E-state index in [2.05, 4.69) is 33.2 Å². The van der Waals surface area contributed by atoms with Gasteiger partial charge < -0.3 is 4.74 Å². The number of H-pyrrole nitrogens is 1. The summed E-state index contributed by atoms with van der Waals surface area (Å²) >= 11 is 0. The molecule has 0 saturated carbocycles. The number of aryl methyl sites for hydroxylation is 1. The second-order valence-corrected chi connectivity index (χ2v) is 4.58. The van der Waals surface area contributed by atoms with Crippen LogP contribution >= 0.6 is 0 Å². The summed E-state index contributed by atoms with van der Waals surface area (Å²) in [5, 5.41) is 7.11. The maximum Gasteiger partial charge on any atom is 0.150 e. The highest BCUT2D eigenvalue weighted by atomic mass is 16.5. The molecule has 0 amide bonds. The zero-order valence-corrected chi connectivity index (χ0v) is 11.7. The van der Waals surface area contributed by atoms with Crippen LogP contribution in [0, 0.1) is 0 Å². The molecule has 0 aliphatic heterocycles. The Morgan fingerprint density at radius 3 is 2.84 bits per heavy atom. The molecular weight excluding hydrogens is 240 g/mol. The van der Waals surface area contributed by atoms with Gasteiger partial charge in [0.1, 0.15) is 17.4 Å². The van der Waals surface area contributed by atoms with Gasteiger partial charge in [-0.15, -0.1) is 0 Å². The van der Waals surface area contributed by atoms with Gasteiger partial charge in [-0.3, -0.25) is 10.00 Å². The molecule has 1 aromatic heterocycles. The molecule has 5 heteroatoms. The van der Waals surface area contributed by atoms with Gasteiger partial charge in [0, 0.05) is 13.0 Å². The van der Waals surface area contributed by atoms with Crippen LogP contribution in [-0.4, -0.2) is 34.2 Å². The standard InChI is InChI=1S/C14H20N4O/c1-4-13-15-14(17-16-13)10-18(2)9-11-6-5-7-12(8-11)19-3/h5-8H,4,9-10H2,1-3H3,(H,15,16,17). The van der Waals surface area contributed by atoms with Gasteiger partial charge in [0.2, 0.25) is 0 Å². The van der Waals surface area contributed by atoms with Crippen LogP contribution in [0.4, 0.5) is 0 Å². The first-order chi connectivity index (χ1) is 9.21. The number of ether oxygens (including phenoxy) is 1. The molecule has 0 aliphatic rings. The smallest absolute Gasteiger partial charge is 0.150 e. The molecule has 0 saturated heterocycles. The van der Waals surface area contributed by atoms with E-state index in [1.165, 1.54) is 5.56 Å². The fourth-order valence-electron chi connectivity index (χ4n) is 1.96. The first kappa shape index (κ1) is 13.5. The second kappa shape index (κ2) is 6.33. The molecule has 102 valence electrons. The maximum atomic E-state index is 5.23. The van der Waals surface area contributed by atoms with E-state index in [1.807, 2.05) is 25.1 Å². The Labute approximate surface area is 113 Å². The van der Waals surface area contributed by atoms with Crippen LogP contribution in [0.5, 0.6) is 5.75 Å². The molecule has 0 atom stereocenters. The lowest BCUT2D eigenvalue weighted by Gasteiger charge is -2.15. The summed E-state index contributed by atoms with van der Waals surface area (Å²) in [6.45, 7) is 3.65. The average molecular weight is 260 g/mol. The Bertz CT molecular complexity index is 524. The number of methoxy groups -OCH3 is 1. The molecule has 0 bridgehead atoms. The third-order valence-corrected chi connectivity index (χ3v) is 2.90. The molecule has 5 nitrogen and oxygen atoms in total. The van der Waals surface area contributed by atoms with E-state index in [4.69, 9.17) is 4.74 Å². The van der Waals surface area contributed by atoms with Crippen LogP contribution in [0.1, 0.15) is 24.1 Å². The number of benzene rings is 1. The van der Waals surface area contributed by atoms with Crippen molar-refractivity contribution >= 4 is 0 Å². The summed E-state index contributed by atoms with van der Waals surface area (Å²) in [4.78, 5) is 6.60. The zero-order valence-electron chi connectivity index (χ0n) is 11.7. The predicted molar refractivity (Wildman–Crippen MR) is 73.9 cm³/mol. The minimum absolute atomic E-state index is 0.754. The van der Waals surface area contributed by atoms with Crippen molar-refractivity contribution in [3.05, 3.63) is 41.5 Å². The number of aromatic amines is 1. The molecule has 1 aromatic carbocycles. The average Bonchev–Trinajstić information content (AvgIpc) is 2.86. The Morgan fingerprint density at radius 1 is 1.32 bits per heavy atom. The molecule has 1 heterocycles. The number of rotatable bonds is 6. The summed E-state index contributed by atoms with van der Waals surface area (Å²) in [6.07, 6.45) is 0.857. The molecule has 2 rings (SSSR count). The third-order valence-electron chi connectivity index (χ3n) is 2.90. The molecule has 19 heavy (non-hydrogen) atoms. The van der Waals surface area contributed by atoms with E-state index in [0.717, 1.165) is 36.9 Å². The molecule has 0 spiro atoms. The quantitative estimate of drug-likeness (QED) is 0.863. The Balaban J connectivity index is 1.94. The lowest BCUT2D eigenvalue weighted by Crippen LogP contribution is -2.18. The summed E-state index contributed by atoms with van der Waals surface area (Å²) in [7, 11) is 3.75. The SMILES string of the molecule is CCc1n[nH]c(CN(C)Cc2cccc(OC)c2)n1. The van der Waals surface area contributed by atoms with Gasteiger partial charge in [-0.25, -0.2) is 4.98 Å². The molecule has 0 aliphatic carbocycles. The van der Waals surface area contributed by atoms with Gasteiger partial charge in [-0.2, -0.15) is 5.10 Å². The molecule has 0 radical (unpaired) electrons. The first-order valence-corrected chi connectivity index (χ1v) is 6.43. The van der Waals surface area contributed by atoms with Crippen molar-refractivity contribution < 1.29 is 4.74 Å². The van der Waals surface area contributed by atoms with Gasteiger partial charge in [0.15, 0.2) is 0 Å². The van der Waals surface area contributed by atoms with Crippen molar-refractivity contribution in [1.29, 1.82) is 0 Å². The highest BCUT2D eigenvalue weighted by Crippen LogP contribution is 2.14. The summed E-state index contributed by atoms with van der Waals surface area (Å²) in [5.41, 5.74) is 1.22. The Morgan fingerprint density at radius 2 is 2.16 bits per heavy atom. The minimum Gasteiger partial charge on any atom is -0.497 e. The zero-order chi connectivity index (χ0) is 13.7. The lowest BCUT2D eigenvalue weighted by molar-refractivity contribution is 0.310. The van der Waals surface area contributed by atoms with Crippen LogP contribution in [0.3, 0.4) is 0 Å². The van der Waals surface area contributed by atoms with Crippen LogP contribution in [-0.2, 0) is 19.5 Å². The van der Waals surface area contributed by atoms with E-state index in [-0.39, 0.29) is 0 Å². The van der Waals surface area contributed by atoms with E-state index in [0.29, 0.717) is 0 Å². The molecule has 2 aromatic rings. The Hall–Kier alpha value is -1.88. The van der Waals surface area contributed by atoms with Crippen molar-refractivity contribution in [1.82, 2.24) is 20.1 Å². The number of nitrogens with one attached hydrogen (secondary N) is 1. The number of hydrogen-bond donors (Lipinski definition) is 1. The lowest BCUT2D eigenvalue weighted by atomic mass is 10.2. The topological polar surface area (TPSA) is 54.0 Å². The van der Waals surface area contributed by atoms with Gasteiger partial charge in [0.05, 0.1) is 13.7 Å². The molecule has 1 N–H and O–H groups in total. The summed E-state index contributed by atoms with van der Waals surface area (Å²) < 4.78 is 5.23. The van der Waals surface area contributed by atoms with E-state index in [1.54, 1.807) is 7.11 Å². The summed E-state index contributed by atoms with van der Waals surface area (Å²) in [5.74, 6) is 2.66. The van der Waals surface area contributed by atoms with Crippen LogP contribution in [0.25, 0.3) is 0 Å². The second-order valence-electron chi connectivity index (χ2n) is 4.58. The number of aromatic nitrogens is 3. The van der Waals surface area contributed by atoms with E-state index >= 15 is 0 Å². The molecular formula is C14H20N4O.